The topological polar surface area (TPSA) is 68.5 Å². The van der Waals surface area contributed by atoms with Crippen molar-refractivity contribution in [1.29, 1.82) is 0 Å². The van der Waals surface area contributed by atoms with Crippen LogP contribution in [0.2, 0.25) is 0 Å². The number of alkyl halides is 3. The summed E-state index contributed by atoms with van der Waals surface area (Å²) in [7, 11) is 1.53. The lowest BCUT2D eigenvalue weighted by Gasteiger charge is -2.37. The van der Waals surface area contributed by atoms with Crippen molar-refractivity contribution in [3.63, 3.8) is 0 Å². The minimum atomic E-state index is -4.45. The predicted octanol–water partition coefficient (Wildman–Crippen LogP) is 4.00. The van der Waals surface area contributed by atoms with Crippen molar-refractivity contribution in [3.8, 4) is 17.1 Å². The molecule has 4 rings (SSSR count). The first-order chi connectivity index (χ1) is 13.8. The lowest BCUT2D eigenvalue weighted by molar-refractivity contribution is -0.137. The second kappa shape index (κ2) is 7.23. The molecule has 0 aliphatic carbocycles. The number of methoxy groups -OCH3 is 1. The molecule has 0 atom stereocenters. The summed E-state index contributed by atoms with van der Waals surface area (Å²) in [5.74, 6) is 0.681. The highest BCUT2D eigenvalue weighted by Crippen LogP contribution is 2.33. The summed E-state index contributed by atoms with van der Waals surface area (Å²) in [6.07, 6.45) is -4.45. The zero-order chi connectivity index (χ0) is 20.6. The molecule has 1 aromatic heterocycles. The first kappa shape index (κ1) is 19.0. The van der Waals surface area contributed by atoms with Gasteiger partial charge >= 0.3 is 6.18 Å². The zero-order valence-electron chi connectivity index (χ0n) is 15.3. The van der Waals surface area contributed by atoms with Gasteiger partial charge in [0.15, 0.2) is 0 Å². The molecule has 1 aliphatic rings. The molecule has 1 saturated heterocycles. The lowest BCUT2D eigenvalue weighted by atomic mass is 9.98. The van der Waals surface area contributed by atoms with Crippen LogP contribution >= 0.6 is 0 Å². The molecule has 0 saturated carbocycles. The van der Waals surface area contributed by atoms with Crippen LogP contribution in [0, 0.1) is 0 Å². The fourth-order valence-corrected chi connectivity index (χ4v) is 3.09. The van der Waals surface area contributed by atoms with E-state index in [9.17, 15) is 18.0 Å². The first-order valence-corrected chi connectivity index (χ1v) is 8.79. The molecule has 0 unspecified atom stereocenters. The molecule has 0 radical (unpaired) electrons. The number of rotatable bonds is 4. The van der Waals surface area contributed by atoms with Gasteiger partial charge in [-0.3, -0.25) is 4.79 Å². The van der Waals surface area contributed by atoms with Crippen LogP contribution in [0.3, 0.4) is 0 Å². The van der Waals surface area contributed by atoms with E-state index in [-0.39, 0.29) is 23.2 Å². The maximum atomic E-state index is 12.9. The van der Waals surface area contributed by atoms with Crippen LogP contribution in [-0.4, -0.2) is 41.1 Å². The van der Waals surface area contributed by atoms with Crippen molar-refractivity contribution in [2.24, 2.45) is 0 Å². The van der Waals surface area contributed by atoms with Crippen molar-refractivity contribution < 1.29 is 27.2 Å². The third kappa shape index (κ3) is 3.80. The highest BCUT2D eigenvalue weighted by molar-refractivity contribution is 5.95. The number of aromatic nitrogens is 2. The van der Waals surface area contributed by atoms with Crippen molar-refractivity contribution >= 4 is 5.91 Å². The molecule has 29 heavy (non-hydrogen) atoms. The van der Waals surface area contributed by atoms with Gasteiger partial charge in [0.1, 0.15) is 5.75 Å². The van der Waals surface area contributed by atoms with Gasteiger partial charge in [-0.05, 0) is 30.3 Å². The Labute approximate surface area is 163 Å². The summed E-state index contributed by atoms with van der Waals surface area (Å²) in [4.78, 5) is 18.4. The number of hydrogen-bond acceptors (Lipinski definition) is 5. The van der Waals surface area contributed by atoms with Crippen LogP contribution in [0.25, 0.3) is 11.4 Å². The molecule has 3 aromatic rings. The number of likely N-dealkylation sites (tertiary alicyclic amines) is 1. The largest absolute Gasteiger partial charge is 0.497 e. The molecule has 0 bridgehead atoms. The SMILES string of the molecule is COc1cccc(C(=O)N2CC(c3nc(-c4cccc(C(F)(F)F)c4)no3)C2)c1. The number of amides is 1. The quantitative estimate of drug-likeness (QED) is 0.659. The maximum Gasteiger partial charge on any atom is 0.416 e. The van der Waals surface area contributed by atoms with Gasteiger partial charge in [-0.25, -0.2) is 0 Å². The number of ether oxygens (including phenoxy) is 1. The summed E-state index contributed by atoms with van der Waals surface area (Å²) >= 11 is 0. The molecule has 9 heteroatoms. The van der Waals surface area contributed by atoms with E-state index in [1.165, 1.54) is 19.2 Å². The zero-order valence-corrected chi connectivity index (χ0v) is 15.3. The molecule has 2 aromatic carbocycles. The highest BCUT2D eigenvalue weighted by Gasteiger charge is 2.36. The smallest absolute Gasteiger partial charge is 0.416 e. The standard InChI is InChI=1S/C20H16F3N3O3/c1-28-16-7-3-5-13(9-16)19(27)26-10-14(11-26)18-24-17(25-29-18)12-4-2-6-15(8-12)20(21,22)23/h2-9,14H,10-11H2,1H3. The van der Waals surface area contributed by atoms with E-state index in [0.29, 0.717) is 30.3 Å². The van der Waals surface area contributed by atoms with E-state index in [2.05, 4.69) is 10.1 Å². The molecule has 0 N–H and O–H groups in total. The van der Waals surface area contributed by atoms with Gasteiger partial charge in [0.2, 0.25) is 11.7 Å². The Balaban J connectivity index is 1.44. The Morgan fingerprint density at radius 2 is 1.93 bits per heavy atom. The average molecular weight is 403 g/mol. The Morgan fingerprint density at radius 3 is 2.66 bits per heavy atom. The fraction of sp³-hybridized carbons (Fsp3) is 0.250. The van der Waals surface area contributed by atoms with Gasteiger partial charge < -0.3 is 14.2 Å². The molecule has 150 valence electrons. The molecule has 1 amide bonds. The summed E-state index contributed by atoms with van der Waals surface area (Å²) in [5, 5.41) is 3.79. The van der Waals surface area contributed by atoms with E-state index in [4.69, 9.17) is 9.26 Å². The van der Waals surface area contributed by atoms with Gasteiger partial charge in [-0.1, -0.05) is 23.4 Å². The lowest BCUT2D eigenvalue weighted by Crippen LogP contribution is -2.48. The van der Waals surface area contributed by atoms with Crippen molar-refractivity contribution in [1.82, 2.24) is 15.0 Å². The summed E-state index contributed by atoms with van der Waals surface area (Å²) in [6, 6.07) is 11.6. The monoisotopic (exact) mass is 403 g/mol. The summed E-state index contributed by atoms with van der Waals surface area (Å²) in [6.45, 7) is 0.778. The molecule has 1 aliphatic heterocycles. The predicted molar refractivity (Wildman–Crippen MR) is 96.4 cm³/mol. The Hall–Kier alpha value is -3.36. The van der Waals surface area contributed by atoms with Crippen LogP contribution in [0.4, 0.5) is 13.2 Å². The maximum absolute atomic E-state index is 12.9. The highest BCUT2D eigenvalue weighted by atomic mass is 19.4. The van der Waals surface area contributed by atoms with Gasteiger partial charge in [0.05, 0.1) is 18.6 Å². The number of nitrogens with zero attached hydrogens (tertiary/aromatic N) is 3. The molecular weight excluding hydrogens is 387 g/mol. The Morgan fingerprint density at radius 1 is 1.17 bits per heavy atom. The van der Waals surface area contributed by atoms with Crippen LogP contribution in [-0.2, 0) is 6.18 Å². The van der Waals surface area contributed by atoms with Crippen molar-refractivity contribution in [3.05, 3.63) is 65.5 Å². The number of benzene rings is 2. The fourth-order valence-electron chi connectivity index (χ4n) is 3.09. The van der Waals surface area contributed by atoms with Crippen LogP contribution in [0.15, 0.2) is 53.1 Å². The number of halogens is 3. The third-order valence-corrected chi connectivity index (χ3v) is 4.72. The van der Waals surface area contributed by atoms with Gasteiger partial charge in [-0.15, -0.1) is 0 Å². The van der Waals surface area contributed by atoms with E-state index < -0.39 is 11.7 Å². The minimum absolute atomic E-state index is 0.0867. The second-order valence-electron chi connectivity index (χ2n) is 6.67. The number of carbonyl (C=O) groups excluding carboxylic acids is 1. The molecule has 2 heterocycles. The van der Waals surface area contributed by atoms with E-state index in [0.717, 1.165) is 12.1 Å². The van der Waals surface area contributed by atoms with Crippen LogP contribution in [0.5, 0.6) is 5.75 Å². The van der Waals surface area contributed by atoms with Gasteiger partial charge in [0.25, 0.3) is 5.91 Å². The Kier molecular flexibility index (Phi) is 4.73. The number of carbonyl (C=O) groups is 1. The van der Waals surface area contributed by atoms with Gasteiger partial charge in [-0.2, -0.15) is 18.2 Å². The summed E-state index contributed by atoms with van der Waals surface area (Å²) in [5.41, 5.74) is -0.0449. The van der Waals surface area contributed by atoms with Crippen molar-refractivity contribution in [2.45, 2.75) is 12.1 Å². The molecule has 6 nitrogen and oxygen atoms in total. The third-order valence-electron chi connectivity index (χ3n) is 4.72. The molecule has 1 fully saturated rings. The molecular formula is C20H16F3N3O3. The normalized spacial score (nSPS) is 14.6. The first-order valence-electron chi connectivity index (χ1n) is 8.79. The van der Waals surface area contributed by atoms with E-state index >= 15 is 0 Å². The van der Waals surface area contributed by atoms with E-state index in [1.807, 2.05) is 0 Å². The van der Waals surface area contributed by atoms with Crippen molar-refractivity contribution in [2.75, 3.05) is 20.2 Å². The summed E-state index contributed by atoms with van der Waals surface area (Å²) < 4.78 is 49.0. The Bertz CT molecular complexity index is 1040. The van der Waals surface area contributed by atoms with Crippen LogP contribution in [0.1, 0.15) is 27.7 Å². The molecule has 0 spiro atoms. The van der Waals surface area contributed by atoms with Crippen LogP contribution < -0.4 is 4.74 Å². The number of hydrogen-bond donors (Lipinski definition) is 0. The second-order valence-corrected chi connectivity index (χ2v) is 6.67. The minimum Gasteiger partial charge on any atom is -0.497 e. The van der Waals surface area contributed by atoms with Gasteiger partial charge in [0, 0.05) is 24.2 Å². The van der Waals surface area contributed by atoms with E-state index in [1.54, 1.807) is 29.2 Å². The average Bonchev–Trinajstić information content (AvgIpc) is 3.16.